The molecular formula is C21H21ClN4O4. The van der Waals surface area contributed by atoms with Crippen LogP contribution < -0.4 is 5.32 Å². The number of hydrogen-bond donors (Lipinski definition) is 1. The van der Waals surface area contributed by atoms with E-state index in [2.05, 4.69) is 10.4 Å². The molecule has 0 aliphatic carbocycles. The van der Waals surface area contributed by atoms with E-state index >= 15 is 0 Å². The number of furan rings is 1. The largest absolute Gasteiger partial charge is 0.467 e. The summed E-state index contributed by atoms with van der Waals surface area (Å²) < 4.78 is 5.52. The second-order valence-electron chi connectivity index (χ2n) is 7.53. The van der Waals surface area contributed by atoms with E-state index in [0.717, 1.165) is 10.5 Å². The first kappa shape index (κ1) is 20.2. The van der Waals surface area contributed by atoms with E-state index in [4.69, 9.17) is 16.0 Å². The lowest BCUT2D eigenvalue weighted by atomic mass is 9.99. The summed E-state index contributed by atoms with van der Waals surface area (Å²) in [7, 11) is 0. The second kappa shape index (κ2) is 7.60. The van der Waals surface area contributed by atoms with Crippen LogP contribution in [-0.2, 0) is 9.59 Å². The van der Waals surface area contributed by atoms with E-state index in [1.165, 1.54) is 11.3 Å². The number of urea groups is 1. The average Bonchev–Trinajstić information content (AvgIpc) is 3.44. The smallest absolute Gasteiger partial charge is 0.325 e. The molecular weight excluding hydrogens is 408 g/mol. The molecule has 0 radical (unpaired) electrons. The van der Waals surface area contributed by atoms with Gasteiger partial charge < -0.3 is 9.73 Å². The highest BCUT2D eigenvalue weighted by Gasteiger charge is 2.48. The molecule has 0 unspecified atom stereocenters. The van der Waals surface area contributed by atoms with E-state index in [-0.39, 0.29) is 0 Å². The molecule has 2 aromatic rings. The Morgan fingerprint density at radius 2 is 2.03 bits per heavy atom. The molecule has 0 saturated carbocycles. The lowest BCUT2D eigenvalue weighted by Crippen LogP contribution is -2.44. The summed E-state index contributed by atoms with van der Waals surface area (Å²) in [6, 6.07) is 9.65. The number of rotatable bonds is 5. The molecule has 30 heavy (non-hydrogen) atoms. The zero-order valence-corrected chi connectivity index (χ0v) is 17.3. The molecule has 3 heterocycles. The van der Waals surface area contributed by atoms with Crippen molar-refractivity contribution < 1.29 is 18.8 Å². The highest BCUT2D eigenvalue weighted by Crippen LogP contribution is 2.33. The predicted octanol–water partition coefficient (Wildman–Crippen LogP) is 3.33. The zero-order chi connectivity index (χ0) is 21.5. The van der Waals surface area contributed by atoms with Crippen molar-refractivity contribution in [3.8, 4) is 0 Å². The number of hydrazone groups is 1. The minimum atomic E-state index is -0.999. The van der Waals surface area contributed by atoms with Crippen LogP contribution in [-0.4, -0.2) is 45.5 Å². The molecule has 2 aliphatic rings. The van der Waals surface area contributed by atoms with Crippen molar-refractivity contribution in [2.24, 2.45) is 5.10 Å². The van der Waals surface area contributed by atoms with E-state index in [9.17, 15) is 14.4 Å². The number of nitrogens with zero attached hydrogens (tertiary/aromatic N) is 3. The molecule has 8 nitrogen and oxygen atoms in total. The molecule has 4 amide bonds. The van der Waals surface area contributed by atoms with Gasteiger partial charge in [-0.15, -0.1) is 0 Å². The van der Waals surface area contributed by atoms with Gasteiger partial charge in [-0.3, -0.25) is 14.5 Å². The Bertz CT molecular complexity index is 1020. The minimum Gasteiger partial charge on any atom is -0.467 e. The number of nitrogens with one attached hydrogen (secondary N) is 1. The monoisotopic (exact) mass is 428 g/mol. The first-order valence-electron chi connectivity index (χ1n) is 9.65. The van der Waals surface area contributed by atoms with Crippen molar-refractivity contribution in [1.82, 2.24) is 15.2 Å². The van der Waals surface area contributed by atoms with Crippen LogP contribution in [0.25, 0.3) is 0 Å². The Hall–Kier alpha value is -3.13. The Morgan fingerprint density at radius 3 is 2.63 bits per heavy atom. The maximum Gasteiger partial charge on any atom is 0.325 e. The van der Waals surface area contributed by atoms with Gasteiger partial charge in [-0.25, -0.2) is 9.80 Å². The molecule has 1 N–H and O–H groups in total. The number of carbonyl (C=O) groups excluding carboxylic acids is 3. The van der Waals surface area contributed by atoms with Crippen LogP contribution in [0, 0.1) is 0 Å². The normalized spacial score (nSPS) is 23.7. The van der Waals surface area contributed by atoms with Crippen LogP contribution >= 0.6 is 11.6 Å². The maximum atomic E-state index is 13.1. The number of imide groups is 1. The van der Waals surface area contributed by atoms with Crippen LogP contribution in [0.1, 0.15) is 44.1 Å². The fourth-order valence-corrected chi connectivity index (χ4v) is 3.72. The Labute approximate surface area is 178 Å². The molecule has 0 bridgehead atoms. The molecule has 4 rings (SSSR count). The summed E-state index contributed by atoms with van der Waals surface area (Å²) >= 11 is 5.97. The summed E-state index contributed by atoms with van der Waals surface area (Å²) in [6.07, 6.45) is 2.40. The topological polar surface area (TPSA) is 95.2 Å². The summed E-state index contributed by atoms with van der Waals surface area (Å²) in [5.41, 5.74) is 0.525. The van der Waals surface area contributed by atoms with E-state index in [1.807, 2.05) is 12.1 Å². The fraction of sp³-hybridized carbons (Fsp3) is 0.333. The van der Waals surface area contributed by atoms with Crippen LogP contribution in [0.5, 0.6) is 0 Å². The predicted molar refractivity (Wildman–Crippen MR) is 110 cm³/mol. The first-order chi connectivity index (χ1) is 14.3. The number of amides is 4. The summed E-state index contributed by atoms with van der Waals surface area (Å²) in [4.78, 5) is 39.0. The molecule has 1 aromatic carbocycles. The number of halogens is 1. The SMILES string of the molecule is CC[C@]1(C)NC(=O)N(CC(=O)N2N=C(c3ccc(Cl)cc3)C[C@@H]2c2ccco2)C1=O. The minimum absolute atomic E-state index is 0.394. The Balaban J connectivity index is 1.60. The third-order valence-corrected chi connectivity index (χ3v) is 5.81. The lowest BCUT2D eigenvalue weighted by molar-refractivity contribution is -0.140. The van der Waals surface area contributed by atoms with Gasteiger partial charge in [0, 0.05) is 11.4 Å². The standard InChI is InChI=1S/C21H21ClN4O4/c1-3-21(2)19(28)25(20(29)23-21)12-18(27)26-16(17-5-4-10-30-17)11-15(24-26)13-6-8-14(22)9-7-13/h4-10,16H,3,11-12H2,1-2H3,(H,23,29)/t16-,21+/m1/s1. The van der Waals surface area contributed by atoms with Crippen LogP contribution in [0.2, 0.25) is 5.02 Å². The van der Waals surface area contributed by atoms with E-state index < -0.39 is 36.0 Å². The highest BCUT2D eigenvalue weighted by atomic mass is 35.5. The maximum absolute atomic E-state index is 13.1. The van der Waals surface area contributed by atoms with Gasteiger partial charge >= 0.3 is 6.03 Å². The van der Waals surface area contributed by atoms with Crippen LogP contribution in [0.15, 0.2) is 52.2 Å². The molecule has 0 spiro atoms. The molecule has 1 saturated heterocycles. The van der Waals surface area contributed by atoms with Gasteiger partial charge in [-0.05, 0) is 43.2 Å². The van der Waals surface area contributed by atoms with Crippen molar-refractivity contribution in [3.63, 3.8) is 0 Å². The molecule has 2 atom stereocenters. The van der Waals surface area contributed by atoms with Crippen molar-refractivity contribution in [2.75, 3.05) is 6.54 Å². The van der Waals surface area contributed by atoms with E-state index in [1.54, 1.807) is 38.1 Å². The molecule has 1 fully saturated rings. The number of hydrogen-bond acceptors (Lipinski definition) is 5. The van der Waals surface area contributed by atoms with Gasteiger partial charge in [-0.1, -0.05) is 30.7 Å². The second-order valence-corrected chi connectivity index (χ2v) is 7.97. The number of carbonyl (C=O) groups is 3. The quantitative estimate of drug-likeness (QED) is 0.739. The average molecular weight is 429 g/mol. The summed E-state index contributed by atoms with van der Waals surface area (Å²) in [6.45, 7) is 3.06. The fourth-order valence-electron chi connectivity index (χ4n) is 3.60. The molecule has 156 valence electrons. The van der Waals surface area contributed by atoms with Crippen molar-refractivity contribution >= 4 is 35.2 Å². The Morgan fingerprint density at radius 1 is 1.30 bits per heavy atom. The van der Waals surface area contributed by atoms with Gasteiger partial charge in [0.25, 0.3) is 11.8 Å². The number of benzene rings is 1. The first-order valence-corrected chi connectivity index (χ1v) is 10.0. The van der Waals surface area contributed by atoms with Gasteiger partial charge in [0.1, 0.15) is 23.9 Å². The Kier molecular flexibility index (Phi) is 5.11. The van der Waals surface area contributed by atoms with Crippen molar-refractivity contribution in [1.29, 1.82) is 0 Å². The van der Waals surface area contributed by atoms with Gasteiger partial charge in [-0.2, -0.15) is 5.10 Å². The molecule has 9 heteroatoms. The van der Waals surface area contributed by atoms with Crippen LogP contribution in [0.3, 0.4) is 0 Å². The lowest BCUT2D eigenvalue weighted by Gasteiger charge is -2.23. The van der Waals surface area contributed by atoms with Gasteiger partial charge in [0.05, 0.1) is 12.0 Å². The third-order valence-electron chi connectivity index (χ3n) is 5.56. The molecule has 2 aliphatic heterocycles. The highest BCUT2D eigenvalue weighted by molar-refractivity contribution is 6.30. The molecule has 1 aromatic heterocycles. The van der Waals surface area contributed by atoms with Crippen LogP contribution in [0.4, 0.5) is 4.79 Å². The van der Waals surface area contributed by atoms with Gasteiger partial charge in [0.15, 0.2) is 0 Å². The summed E-state index contributed by atoms with van der Waals surface area (Å²) in [5.74, 6) is -0.310. The summed E-state index contributed by atoms with van der Waals surface area (Å²) in [5, 5.41) is 9.05. The third kappa shape index (κ3) is 3.47. The van der Waals surface area contributed by atoms with Crippen molar-refractivity contribution in [3.05, 3.63) is 59.0 Å². The van der Waals surface area contributed by atoms with E-state index in [0.29, 0.717) is 29.3 Å². The van der Waals surface area contributed by atoms with Gasteiger partial charge in [0.2, 0.25) is 0 Å². The zero-order valence-electron chi connectivity index (χ0n) is 16.6. The van der Waals surface area contributed by atoms with Crippen molar-refractivity contribution in [2.45, 2.75) is 38.3 Å².